The van der Waals surface area contributed by atoms with Gasteiger partial charge >= 0.3 is 0 Å². The van der Waals surface area contributed by atoms with E-state index >= 15 is 0 Å². The number of benzene rings is 1. The molecule has 1 aliphatic heterocycles. The van der Waals surface area contributed by atoms with Gasteiger partial charge in [0.2, 0.25) is 6.79 Å². The first-order valence-corrected chi connectivity index (χ1v) is 5.26. The second-order valence-electron chi connectivity index (χ2n) is 3.80. The van der Waals surface area contributed by atoms with Crippen LogP contribution in [-0.2, 0) is 20.7 Å². The number of ether oxygens (including phenoxy) is 2. The van der Waals surface area contributed by atoms with Gasteiger partial charge in [0.25, 0.3) is 0 Å². The number of carbonyl (C=O) groups is 1. The van der Waals surface area contributed by atoms with Gasteiger partial charge in [-0.25, -0.2) is 0 Å². The van der Waals surface area contributed by atoms with Gasteiger partial charge in [0.05, 0.1) is 5.92 Å². The minimum absolute atomic E-state index is 0.0978. The van der Waals surface area contributed by atoms with Crippen LogP contribution in [0.2, 0.25) is 0 Å². The highest BCUT2D eigenvalue weighted by Crippen LogP contribution is 2.22. The fraction of sp³-hybridized carbons (Fsp3) is 0.308. The summed E-state index contributed by atoms with van der Waals surface area (Å²) >= 11 is 0. The summed E-state index contributed by atoms with van der Waals surface area (Å²) in [4.78, 5) is 11.6. The average Bonchev–Trinajstić information content (AvgIpc) is 2.80. The van der Waals surface area contributed by atoms with Gasteiger partial charge in [0.15, 0.2) is 0 Å². The lowest BCUT2D eigenvalue weighted by molar-refractivity contribution is -0.120. The third kappa shape index (κ3) is 2.42. The number of rotatable bonds is 4. The molecule has 1 unspecified atom stereocenters. The number of ketones is 1. The first-order valence-electron chi connectivity index (χ1n) is 5.26. The van der Waals surface area contributed by atoms with E-state index in [9.17, 15) is 4.79 Å². The van der Waals surface area contributed by atoms with Gasteiger partial charge in [0, 0.05) is 0 Å². The fourth-order valence-electron chi connectivity index (χ4n) is 1.73. The van der Waals surface area contributed by atoms with Gasteiger partial charge in [-0.2, -0.15) is 0 Å². The summed E-state index contributed by atoms with van der Waals surface area (Å²) in [6.07, 6.45) is 2.19. The zero-order valence-electron chi connectivity index (χ0n) is 9.18. The van der Waals surface area contributed by atoms with E-state index in [4.69, 9.17) is 9.47 Å². The fourth-order valence-corrected chi connectivity index (χ4v) is 1.73. The van der Waals surface area contributed by atoms with Crippen molar-refractivity contribution in [3.05, 3.63) is 47.9 Å². The zero-order chi connectivity index (χ0) is 11.4. The highest BCUT2D eigenvalue weighted by atomic mass is 16.7. The number of hydrogen-bond acceptors (Lipinski definition) is 3. The van der Waals surface area contributed by atoms with Crippen molar-refractivity contribution in [3.8, 4) is 0 Å². The SMILES string of the molecule is CC(=O)C(Cc1ccccc1)C1=COCO1. The Hall–Kier alpha value is -1.77. The summed E-state index contributed by atoms with van der Waals surface area (Å²) in [6.45, 7) is 1.80. The van der Waals surface area contributed by atoms with Crippen LogP contribution in [0.15, 0.2) is 42.4 Å². The van der Waals surface area contributed by atoms with Gasteiger partial charge in [-0.3, -0.25) is 4.79 Å². The second kappa shape index (κ2) is 4.84. The minimum atomic E-state index is -0.232. The van der Waals surface area contributed by atoms with Gasteiger partial charge in [-0.05, 0) is 18.9 Å². The predicted molar refractivity (Wildman–Crippen MR) is 59.4 cm³/mol. The lowest BCUT2D eigenvalue weighted by Crippen LogP contribution is -2.17. The van der Waals surface area contributed by atoms with Crippen LogP contribution in [0, 0.1) is 5.92 Å². The normalized spacial score (nSPS) is 15.9. The molecule has 3 heteroatoms. The predicted octanol–water partition coefficient (Wildman–Crippen LogP) is 2.28. The van der Waals surface area contributed by atoms with Crippen LogP contribution in [-0.4, -0.2) is 12.6 Å². The minimum Gasteiger partial charge on any atom is -0.462 e. The molecule has 0 bridgehead atoms. The van der Waals surface area contributed by atoms with E-state index in [1.807, 2.05) is 30.3 Å². The van der Waals surface area contributed by atoms with Crippen molar-refractivity contribution < 1.29 is 14.3 Å². The van der Waals surface area contributed by atoms with Gasteiger partial charge in [-0.1, -0.05) is 30.3 Å². The van der Waals surface area contributed by atoms with Gasteiger partial charge in [0.1, 0.15) is 17.8 Å². The molecule has 0 N–H and O–H groups in total. The van der Waals surface area contributed by atoms with Gasteiger partial charge < -0.3 is 9.47 Å². The van der Waals surface area contributed by atoms with Crippen molar-refractivity contribution in [1.29, 1.82) is 0 Å². The van der Waals surface area contributed by atoms with E-state index in [1.54, 1.807) is 6.92 Å². The summed E-state index contributed by atoms with van der Waals surface area (Å²) in [5, 5.41) is 0. The quantitative estimate of drug-likeness (QED) is 0.777. The van der Waals surface area contributed by atoms with Crippen LogP contribution < -0.4 is 0 Å². The molecule has 0 spiro atoms. The second-order valence-corrected chi connectivity index (χ2v) is 3.80. The molecular formula is C13H14O3. The Balaban J connectivity index is 2.12. The molecule has 16 heavy (non-hydrogen) atoms. The van der Waals surface area contributed by atoms with Crippen LogP contribution in [0.1, 0.15) is 12.5 Å². The molecule has 1 aliphatic rings. The maximum absolute atomic E-state index is 11.6. The molecule has 0 radical (unpaired) electrons. The molecule has 0 amide bonds. The molecule has 3 nitrogen and oxygen atoms in total. The highest BCUT2D eigenvalue weighted by molar-refractivity contribution is 5.81. The van der Waals surface area contributed by atoms with Crippen molar-refractivity contribution in [1.82, 2.24) is 0 Å². The van der Waals surface area contributed by atoms with Crippen molar-refractivity contribution in [3.63, 3.8) is 0 Å². The maximum atomic E-state index is 11.6. The van der Waals surface area contributed by atoms with E-state index in [0.717, 1.165) is 5.56 Å². The van der Waals surface area contributed by atoms with Crippen molar-refractivity contribution in [2.75, 3.05) is 6.79 Å². The zero-order valence-corrected chi connectivity index (χ0v) is 9.18. The Morgan fingerprint density at radius 1 is 1.38 bits per heavy atom. The van der Waals surface area contributed by atoms with Crippen molar-refractivity contribution in [2.45, 2.75) is 13.3 Å². The van der Waals surface area contributed by atoms with Crippen LogP contribution in [0.3, 0.4) is 0 Å². The molecule has 1 aromatic rings. The Morgan fingerprint density at radius 2 is 2.12 bits per heavy atom. The molecule has 2 rings (SSSR count). The van der Waals surface area contributed by atoms with Crippen LogP contribution >= 0.6 is 0 Å². The van der Waals surface area contributed by atoms with Crippen molar-refractivity contribution >= 4 is 5.78 Å². The molecule has 0 saturated heterocycles. The highest BCUT2D eigenvalue weighted by Gasteiger charge is 2.24. The smallest absolute Gasteiger partial charge is 0.229 e. The molecule has 0 saturated carbocycles. The summed E-state index contributed by atoms with van der Waals surface area (Å²) < 4.78 is 10.3. The number of Topliss-reactive ketones (excluding diaryl/α,β-unsaturated/α-hetero) is 1. The Morgan fingerprint density at radius 3 is 2.69 bits per heavy atom. The molecular weight excluding hydrogens is 204 g/mol. The first-order chi connectivity index (χ1) is 7.77. The van der Waals surface area contributed by atoms with Crippen molar-refractivity contribution in [2.24, 2.45) is 5.92 Å². The molecule has 0 aliphatic carbocycles. The number of carbonyl (C=O) groups excluding carboxylic acids is 1. The van der Waals surface area contributed by atoms with Gasteiger partial charge in [-0.15, -0.1) is 0 Å². The lowest BCUT2D eigenvalue weighted by atomic mass is 9.94. The topological polar surface area (TPSA) is 35.5 Å². The lowest BCUT2D eigenvalue weighted by Gasteiger charge is -2.13. The van der Waals surface area contributed by atoms with E-state index in [-0.39, 0.29) is 18.5 Å². The largest absolute Gasteiger partial charge is 0.462 e. The standard InChI is InChI=1S/C13H14O3/c1-10(14)12(13-8-15-9-16-13)7-11-5-3-2-4-6-11/h2-6,8,12H,7,9H2,1H3. The summed E-state index contributed by atoms with van der Waals surface area (Å²) in [5.74, 6) is 0.502. The average molecular weight is 218 g/mol. The number of hydrogen-bond donors (Lipinski definition) is 0. The Kier molecular flexibility index (Phi) is 3.25. The first kappa shape index (κ1) is 10.7. The molecule has 1 heterocycles. The molecule has 0 fully saturated rings. The van der Waals surface area contributed by atoms with Crippen LogP contribution in [0.5, 0.6) is 0 Å². The van der Waals surface area contributed by atoms with E-state index in [0.29, 0.717) is 12.2 Å². The monoisotopic (exact) mass is 218 g/mol. The van der Waals surface area contributed by atoms with E-state index in [2.05, 4.69) is 0 Å². The summed E-state index contributed by atoms with van der Waals surface area (Å²) in [5.41, 5.74) is 1.12. The van der Waals surface area contributed by atoms with E-state index in [1.165, 1.54) is 6.26 Å². The molecule has 0 aromatic heterocycles. The molecule has 1 aromatic carbocycles. The maximum Gasteiger partial charge on any atom is 0.229 e. The van der Waals surface area contributed by atoms with Crippen LogP contribution in [0.4, 0.5) is 0 Å². The molecule has 84 valence electrons. The third-order valence-electron chi connectivity index (χ3n) is 2.61. The van der Waals surface area contributed by atoms with E-state index < -0.39 is 0 Å². The summed E-state index contributed by atoms with van der Waals surface area (Å²) in [7, 11) is 0. The Labute approximate surface area is 94.7 Å². The molecule has 1 atom stereocenters. The Bertz CT molecular complexity index is 395. The number of allylic oxidation sites excluding steroid dienone is 1. The van der Waals surface area contributed by atoms with Crippen LogP contribution in [0.25, 0.3) is 0 Å². The third-order valence-corrected chi connectivity index (χ3v) is 2.61. The summed E-state index contributed by atoms with van der Waals surface area (Å²) in [6, 6.07) is 9.90.